The number of carbonyl (C=O) groups excluding carboxylic acids is 1. The minimum atomic E-state index is -1.08. The molecule has 0 bridgehead atoms. The summed E-state index contributed by atoms with van der Waals surface area (Å²) < 4.78 is 0. The lowest BCUT2D eigenvalue weighted by molar-refractivity contribution is -0.383. The number of benzene rings is 1. The number of para-hydroxylation sites is 2. The van der Waals surface area contributed by atoms with Crippen molar-refractivity contribution in [2.75, 3.05) is 11.9 Å². The molecule has 0 spiro atoms. The van der Waals surface area contributed by atoms with Gasteiger partial charge in [0.25, 0.3) is 11.6 Å². The molecule has 1 amide bonds. The molecule has 0 atom stereocenters. The Balaban J connectivity index is 2.78. The Kier molecular flexibility index (Phi) is 6.06. The molecule has 9 heteroatoms. The number of aliphatic carboxylic acids is 1. The summed E-state index contributed by atoms with van der Waals surface area (Å²) in [5, 5.41) is 32.9. The van der Waals surface area contributed by atoms with Gasteiger partial charge in [-0.1, -0.05) is 12.1 Å². The van der Waals surface area contributed by atoms with Crippen molar-refractivity contribution in [1.82, 2.24) is 5.32 Å². The molecule has 9 nitrogen and oxygen atoms in total. The van der Waals surface area contributed by atoms with Crippen LogP contribution in [0.25, 0.3) is 0 Å². The predicted molar refractivity (Wildman–Crippen MR) is 75.7 cm³/mol. The van der Waals surface area contributed by atoms with Gasteiger partial charge in [-0.05, 0) is 6.07 Å². The van der Waals surface area contributed by atoms with Crippen LogP contribution in [-0.4, -0.2) is 28.5 Å². The van der Waals surface area contributed by atoms with Crippen molar-refractivity contribution in [3.05, 3.63) is 46.2 Å². The maximum absolute atomic E-state index is 11.6. The highest BCUT2D eigenvalue weighted by Gasteiger charge is 2.13. The van der Waals surface area contributed by atoms with E-state index in [2.05, 4.69) is 10.6 Å². The molecule has 1 aromatic rings. The van der Waals surface area contributed by atoms with Gasteiger partial charge in [0.2, 0.25) is 0 Å². The van der Waals surface area contributed by atoms with Crippen molar-refractivity contribution in [3.8, 4) is 6.07 Å². The number of rotatable bonds is 7. The maximum Gasteiger partial charge on any atom is 0.305 e. The SMILES string of the molecule is N#C/C(=C/Nc1ccccc1[N+](=O)[O-])C(=O)NCCC(=O)O. The predicted octanol–water partition coefficient (Wildman–Crippen LogP) is 1.01. The molecular weight excluding hydrogens is 292 g/mol. The molecule has 1 aromatic carbocycles. The topological polar surface area (TPSA) is 145 Å². The van der Waals surface area contributed by atoms with Gasteiger partial charge in [-0.2, -0.15) is 5.26 Å². The molecule has 0 saturated heterocycles. The number of carboxylic acids is 1. The molecule has 114 valence electrons. The lowest BCUT2D eigenvalue weighted by atomic mass is 10.2. The van der Waals surface area contributed by atoms with Gasteiger partial charge in [-0.15, -0.1) is 0 Å². The van der Waals surface area contributed by atoms with E-state index in [4.69, 9.17) is 10.4 Å². The fraction of sp³-hybridized carbons (Fsp3) is 0.154. The average molecular weight is 304 g/mol. The molecule has 0 aliphatic rings. The summed E-state index contributed by atoms with van der Waals surface area (Å²) in [5.74, 6) is -1.85. The zero-order chi connectivity index (χ0) is 16.5. The Bertz CT molecular complexity index is 663. The second-order valence-corrected chi connectivity index (χ2v) is 3.99. The summed E-state index contributed by atoms with van der Waals surface area (Å²) in [4.78, 5) is 32.2. The molecule has 0 heterocycles. The van der Waals surface area contributed by atoms with Crippen LogP contribution in [0.5, 0.6) is 0 Å². The van der Waals surface area contributed by atoms with Crippen molar-refractivity contribution in [2.45, 2.75) is 6.42 Å². The Morgan fingerprint density at radius 1 is 1.41 bits per heavy atom. The van der Waals surface area contributed by atoms with E-state index in [-0.39, 0.29) is 29.9 Å². The number of carboxylic acid groups (broad SMARTS) is 1. The summed E-state index contributed by atoms with van der Waals surface area (Å²) in [6.45, 7) is -0.126. The van der Waals surface area contributed by atoms with Crippen LogP contribution in [0.1, 0.15) is 6.42 Å². The zero-order valence-corrected chi connectivity index (χ0v) is 11.3. The third-order valence-corrected chi connectivity index (χ3v) is 2.46. The van der Waals surface area contributed by atoms with Gasteiger partial charge in [0.1, 0.15) is 17.3 Å². The molecule has 0 aliphatic heterocycles. The molecule has 3 N–H and O–H groups in total. The Morgan fingerprint density at radius 3 is 2.68 bits per heavy atom. The number of amides is 1. The van der Waals surface area contributed by atoms with E-state index in [1.165, 1.54) is 18.2 Å². The molecule has 0 saturated carbocycles. The molecule has 0 aromatic heterocycles. The maximum atomic E-state index is 11.6. The number of nitriles is 1. The van der Waals surface area contributed by atoms with Gasteiger partial charge < -0.3 is 15.7 Å². The fourth-order valence-corrected chi connectivity index (χ4v) is 1.43. The molecule has 22 heavy (non-hydrogen) atoms. The normalized spacial score (nSPS) is 10.4. The van der Waals surface area contributed by atoms with E-state index in [9.17, 15) is 19.7 Å². The number of nitro benzene ring substituents is 1. The first-order valence-electron chi connectivity index (χ1n) is 6.06. The van der Waals surface area contributed by atoms with Crippen LogP contribution < -0.4 is 10.6 Å². The largest absolute Gasteiger partial charge is 0.481 e. The summed E-state index contributed by atoms with van der Waals surface area (Å²) in [5.41, 5.74) is -0.413. The number of hydrogen-bond acceptors (Lipinski definition) is 6. The molecule has 0 aliphatic carbocycles. The van der Waals surface area contributed by atoms with E-state index in [0.717, 1.165) is 6.20 Å². The van der Waals surface area contributed by atoms with Gasteiger partial charge in [-0.3, -0.25) is 19.7 Å². The van der Waals surface area contributed by atoms with Crippen LogP contribution in [0.15, 0.2) is 36.0 Å². The first-order chi connectivity index (χ1) is 10.5. The van der Waals surface area contributed by atoms with Gasteiger partial charge in [0.15, 0.2) is 0 Å². The highest BCUT2D eigenvalue weighted by molar-refractivity contribution is 5.97. The smallest absolute Gasteiger partial charge is 0.305 e. The monoisotopic (exact) mass is 304 g/mol. The van der Waals surface area contributed by atoms with Crippen molar-refractivity contribution >= 4 is 23.3 Å². The number of carbonyl (C=O) groups is 2. The molecule has 0 fully saturated rings. The highest BCUT2D eigenvalue weighted by Crippen LogP contribution is 2.23. The van der Waals surface area contributed by atoms with Crippen molar-refractivity contribution in [3.63, 3.8) is 0 Å². The Hall–Kier alpha value is -3.41. The third-order valence-electron chi connectivity index (χ3n) is 2.46. The zero-order valence-electron chi connectivity index (χ0n) is 11.3. The lowest BCUT2D eigenvalue weighted by Gasteiger charge is -2.04. The standard InChI is InChI=1S/C13H12N4O5/c14-7-9(13(20)15-6-5-12(18)19)8-16-10-3-1-2-4-11(10)17(21)22/h1-4,8,16H,5-6H2,(H,15,20)(H,18,19)/b9-8-. The van der Waals surface area contributed by atoms with Crippen molar-refractivity contribution in [1.29, 1.82) is 5.26 Å². The van der Waals surface area contributed by atoms with Crippen molar-refractivity contribution in [2.24, 2.45) is 0 Å². The van der Waals surface area contributed by atoms with E-state index >= 15 is 0 Å². The van der Waals surface area contributed by atoms with Crippen LogP contribution in [0, 0.1) is 21.4 Å². The number of anilines is 1. The molecular formula is C13H12N4O5. The van der Waals surface area contributed by atoms with Crippen LogP contribution in [0.4, 0.5) is 11.4 Å². The van der Waals surface area contributed by atoms with Crippen LogP contribution in [0.3, 0.4) is 0 Å². The minimum Gasteiger partial charge on any atom is -0.481 e. The van der Waals surface area contributed by atoms with E-state index in [1.54, 1.807) is 12.1 Å². The van der Waals surface area contributed by atoms with Gasteiger partial charge in [0.05, 0.1) is 11.3 Å². The summed E-state index contributed by atoms with van der Waals surface area (Å²) in [6, 6.07) is 7.36. The number of nitrogens with one attached hydrogen (secondary N) is 2. The van der Waals surface area contributed by atoms with E-state index in [0.29, 0.717) is 0 Å². The fourth-order valence-electron chi connectivity index (χ4n) is 1.43. The van der Waals surface area contributed by atoms with E-state index < -0.39 is 16.8 Å². The number of nitro groups is 1. The summed E-state index contributed by atoms with van der Waals surface area (Å²) >= 11 is 0. The van der Waals surface area contributed by atoms with Gasteiger partial charge in [0, 0.05) is 18.8 Å². The molecule has 0 unspecified atom stereocenters. The average Bonchev–Trinajstić information content (AvgIpc) is 2.47. The minimum absolute atomic E-state index is 0.124. The highest BCUT2D eigenvalue weighted by atomic mass is 16.6. The van der Waals surface area contributed by atoms with Gasteiger partial charge >= 0.3 is 5.97 Å². The lowest BCUT2D eigenvalue weighted by Crippen LogP contribution is -2.27. The number of nitrogens with zero attached hydrogens (tertiary/aromatic N) is 2. The third kappa shape index (κ3) is 4.93. The molecule has 0 radical (unpaired) electrons. The Labute approximate surface area is 125 Å². The summed E-state index contributed by atoms with van der Waals surface area (Å²) in [7, 11) is 0. The van der Waals surface area contributed by atoms with Crippen LogP contribution in [0.2, 0.25) is 0 Å². The first kappa shape index (κ1) is 16.6. The summed E-state index contributed by atoms with van der Waals surface area (Å²) in [6.07, 6.45) is 0.750. The number of hydrogen-bond donors (Lipinski definition) is 3. The van der Waals surface area contributed by atoms with Crippen LogP contribution >= 0.6 is 0 Å². The molecule has 1 rings (SSSR count). The first-order valence-corrected chi connectivity index (χ1v) is 6.06. The van der Waals surface area contributed by atoms with Crippen molar-refractivity contribution < 1.29 is 19.6 Å². The second-order valence-electron chi connectivity index (χ2n) is 3.99. The Morgan fingerprint density at radius 2 is 2.09 bits per heavy atom. The second kappa shape index (κ2) is 8.01. The van der Waals surface area contributed by atoms with Crippen LogP contribution in [-0.2, 0) is 9.59 Å². The van der Waals surface area contributed by atoms with Gasteiger partial charge in [-0.25, -0.2) is 0 Å². The van der Waals surface area contributed by atoms with E-state index in [1.807, 2.05) is 0 Å². The quantitative estimate of drug-likeness (QED) is 0.295.